The van der Waals surface area contributed by atoms with E-state index in [1.165, 1.54) is 4.90 Å². The largest absolute Gasteiger partial charge is 0.497 e. The molecule has 2 saturated heterocycles. The first-order valence-corrected chi connectivity index (χ1v) is 10.4. The smallest absolute Gasteiger partial charge is 0.254 e. The number of benzene rings is 2. The number of hydrogen-bond donors (Lipinski definition) is 0. The number of imide groups is 1. The molecule has 2 aliphatic rings. The van der Waals surface area contributed by atoms with Gasteiger partial charge in [0, 0.05) is 36.1 Å². The second-order valence-electron chi connectivity index (χ2n) is 7.99. The van der Waals surface area contributed by atoms with Crippen LogP contribution < -0.4 is 14.4 Å². The molecule has 0 spiro atoms. The molecule has 7 nitrogen and oxygen atoms in total. The van der Waals surface area contributed by atoms with E-state index in [0.29, 0.717) is 29.3 Å². The third-order valence-corrected chi connectivity index (χ3v) is 6.04. The Morgan fingerprint density at radius 2 is 1.87 bits per heavy atom. The van der Waals surface area contributed by atoms with Gasteiger partial charge in [-0.1, -0.05) is 13.0 Å². The molecular formula is C24H26N2O5. The van der Waals surface area contributed by atoms with Crippen LogP contribution in [0.4, 0.5) is 5.69 Å². The van der Waals surface area contributed by atoms with Gasteiger partial charge in [-0.2, -0.15) is 0 Å². The van der Waals surface area contributed by atoms with E-state index in [2.05, 4.69) is 0 Å². The van der Waals surface area contributed by atoms with Gasteiger partial charge in [-0.25, -0.2) is 0 Å². The Hall–Kier alpha value is -3.35. The minimum Gasteiger partial charge on any atom is -0.497 e. The maximum atomic E-state index is 13.4. The first kappa shape index (κ1) is 20.9. The van der Waals surface area contributed by atoms with Gasteiger partial charge in [0.2, 0.25) is 11.8 Å². The minimum absolute atomic E-state index is 0.118. The molecule has 4 rings (SSSR count). The van der Waals surface area contributed by atoms with Crippen molar-refractivity contribution in [2.75, 3.05) is 25.7 Å². The zero-order valence-electron chi connectivity index (χ0n) is 18.0. The minimum atomic E-state index is -0.336. The summed E-state index contributed by atoms with van der Waals surface area (Å²) in [6.45, 7) is 2.37. The third-order valence-electron chi connectivity index (χ3n) is 6.04. The van der Waals surface area contributed by atoms with Gasteiger partial charge in [-0.15, -0.1) is 0 Å². The highest BCUT2D eigenvalue weighted by Crippen LogP contribution is 2.39. The number of rotatable bonds is 5. The number of ether oxygens (including phenoxy) is 2. The van der Waals surface area contributed by atoms with Gasteiger partial charge in [0.05, 0.1) is 25.9 Å². The molecule has 31 heavy (non-hydrogen) atoms. The quantitative estimate of drug-likeness (QED) is 0.689. The lowest BCUT2D eigenvalue weighted by molar-refractivity contribution is -0.122. The molecule has 0 saturated carbocycles. The number of carbonyl (C=O) groups is 3. The highest BCUT2D eigenvalue weighted by Gasteiger charge is 2.37. The van der Waals surface area contributed by atoms with Crippen LogP contribution >= 0.6 is 0 Å². The fourth-order valence-corrected chi connectivity index (χ4v) is 4.43. The third kappa shape index (κ3) is 3.76. The summed E-state index contributed by atoms with van der Waals surface area (Å²) < 4.78 is 10.8. The molecule has 0 bridgehead atoms. The number of hydrogen-bond acceptors (Lipinski definition) is 5. The van der Waals surface area contributed by atoms with Crippen molar-refractivity contribution < 1.29 is 23.9 Å². The van der Waals surface area contributed by atoms with Gasteiger partial charge in [0.1, 0.15) is 11.5 Å². The molecule has 162 valence electrons. The summed E-state index contributed by atoms with van der Waals surface area (Å²) in [6.07, 6.45) is 1.91. The van der Waals surface area contributed by atoms with E-state index in [1.54, 1.807) is 45.4 Å². The normalized spacial score (nSPS) is 21.0. The van der Waals surface area contributed by atoms with Crippen molar-refractivity contribution in [2.24, 2.45) is 5.92 Å². The first-order chi connectivity index (χ1) is 14.9. The molecule has 0 aromatic heterocycles. The highest BCUT2D eigenvalue weighted by molar-refractivity contribution is 6.21. The lowest BCUT2D eigenvalue weighted by Gasteiger charge is -2.27. The fraction of sp³-hybridized carbons (Fsp3) is 0.375. The van der Waals surface area contributed by atoms with E-state index < -0.39 is 0 Å². The zero-order valence-corrected chi connectivity index (χ0v) is 18.0. The summed E-state index contributed by atoms with van der Waals surface area (Å²) in [5, 5.41) is 0. The summed E-state index contributed by atoms with van der Waals surface area (Å²) in [4.78, 5) is 41.1. The van der Waals surface area contributed by atoms with Crippen molar-refractivity contribution in [3.05, 3.63) is 53.6 Å². The van der Waals surface area contributed by atoms with Crippen LogP contribution in [0.1, 0.15) is 48.1 Å². The molecule has 0 radical (unpaired) electrons. The lowest BCUT2D eigenvalue weighted by Crippen LogP contribution is -2.32. The van der Waals surface area contributed by atoms with Crippen molar-refractivity contribution in [1.82, 2.24) is 4.90 Å². The molecule has 2 aromatic carbocycles. The van der Waals surface area contributed by atoms with E-state index in [-0.39, 0.29) is 36.1 Å². The molecule has 2 atom stereocenters. The second-order valence-corrected chi connectivity index (χ2v) is 7.99. The van der Waals surface area contributed by atoms with Crippen molar-refractivity contribution in [3.8, 4) is 11.5 Å². The monoisotopic (exact) mass is 422 g/mol. The zero-order chi connectivity index (χ0) is 22.1. The molecule has 2 unspecified atom stereocenters. The van der Waals surface area contributed by atoms with Crippen molar-refractivity contribution in [3.63, 3.8) is 0 Å². The van der Waals surface area contributed by atoms with Crippen molar-refractivity contribution in [1.29, 1.82) is 0 Å². The summed E-state index contributed by atoms with van der Waals surface area (Å²) in [5.74, 6) is 0.450. The predicted molar refractivity (Wildman–Crippen MR) is 115 cm³/mol. The van der Waals surface area contributed by atoms with Crippen LogP contribution in [-0.2, 0) is 9.59 Å². The Kier molecular flexibility index (Phi) is 5.67. The molecule has 2 aromatic rings. The number of amides is 3. The van der Waals surface area contributed by atoms with Crippen molar-refractivity contribution in [2.45, 2.75) is 32.2 Å². The van der Waals surface area contributed by atoms with E-state index >= 15 is 0 Å². The molecule has 2 heterocycles. The van der Waals surface area contributed by atoms with Crippen LogP contribution in [0, 0.1) is 5.92 Å². The maximum absolute atomic E-state index is 13.4. The van der Waals surface area contributed by atoms with E-state index in [4.69, 9.17) is 9.47 Å². The van der Waals surface area contributed by atoms with Crippen LogP contribution in [0.15, 0.2) is 42.5 Å². The highest BCUT2D eigenvalue weighted by atomic mass is 16.5. The van der Waals surface area contributed by atoms with E-state index in [0.717, 1.165) is 18.4 Å². The Bertz CT molecular complexity index is 1030. The van der Waals surface area contributed by atoms with Gasteiger partial charge in [0.15, 0.2) is 0 Å². The summed E-state index contributed by atoms with van der Waals surface area (Å²) in [5.41, 5.74) is 1.84. The first-order valence-electron chi connectivity index (χ1n) is 10.4. The Balaban J connectivity index is 1.63. The Morgan fingerprint density at radius 1 is 1.06 bits per heavy atom. The van der Waals surface area contributed by atoms with Gasteiger partial charge < -0.3 is 14.4 Å². The summed E-state index contributed by atoms with van der Waals surface area (Å²) in [6, 6.07) is 12.3. The van der Waals surface area contributed by atoms with Crippen LogP contribution in [0.3, 0.4) is 0 Å². The number of nitrogens with zero attached hydrogens (tertiary/aromatic N) is 2. The van der Waals surface area contributed by atoms with Crippen molar-refractivity contribution >= 4 is 23.4 Å². The lowest BCUT2D eigenvalue weighted by atomic mass is 10.0. The summed E-state index contributed by atoms with van der Waals surface area (Å²) >= 11 is 0. The van der Waals surface area contributed by atoms with E-state index in [1.807, 2.05) is 23.1 Å². The van der Waals surface area contributed by atoms with Crippen LogP contribution in [0.2, 0.25) is 0 Å². The van der Waals surface area contributed by atoms with E-state index in [9.17, 15) is 14.4 Å². The number of carbonyl (C=O) groups excluding carboxylic acids is 3. The van der Waals surface area contributed by atoms with Gasteiger partial charge >= 0.3 is 0 Å². The van der Waals surface area contributed by atoms with Gasteiger partial charge in [-0.3, -0.25) is 19.3 Å². The average Bonchev–Trinajstić information content (AvgIpc) is 3.37. The van der Waals surface area contributed by atoms with Gasteiger partial charge in [0.25, 0.3) is 5.91 Å². The number of likely N-dealkylation sites (tertiary alicyclic amines) is 1. The number of methoxy groups -OCH3 is 2. The molecule has 7 heteroatoms. The van der Waals surface area contributed by atoms with Crippen LogP contribution in [-0.4, -0.2) is 43.4 Å². The Labute approximate surface area is 181 Å². The molecule has 0 aliphatic carbocycles. The SMILES string of the molecule is COc1ccc(C2CCCN2C(=O)c2cccc(N3C(=O)CC(C)C3=O)c2)c(OC)c1. The molecule has 2 aliphatic heterocycles. The fourth-order valence-electron chi connectivity index (χ4n) is 4.43. The average molecular weight is 422 g/mol. The van der Waals surface area contributed by atoms with Gasteiger partial charge in [-0.05, 0) is 43.2 Å². The molecule has 2 fully saturated rings. The number of anilines is 1. The topological polar surface area (TPSA) is 76.2 Å². The maximum Gasteiger partial charge on any atom is 0.254 e. The summed E-state index contributed by atoms with van der Waals surface area (Å²) in [7, 11) is 3.21. The molecule has 3 amide bonds. The molecule has 0 N–H and O–H groups in total. The standard InChI is InChI=1S/C24H26N2O5/c1-15-12-22(27)26(23(15)28)17-7-4-6-16(13-17)24(29)25-11-5-8-20(25)19-10-9-18(30-2)14-21(19)31-3/h4,6-7,9-10,13-15,20H,5,8,11-12H2,1-3H3. The van der Waals surface area contributed by atoms with Crippen LogP contribution in [0.25, 0.3) is 0 Å². The Morgan fingerprint density at radius 3 is 2.55 bits per heavy atom. The second kappa shape index (κ2) is 8.41. The predicted octanol–water partition coefficient (Wildman–Crippen LogP) is 3.58. The van der Waals surface area contributed by atoms with Crippen LogP contribution in [0.5, 0.6) is 11.5 Å². The molecular weight excluding hydrogens is 396 g/mol.